The van der Waals surface area contributed by atoms with Crippen LogP contribution < -0.4 is 0 Å². The first-order valence-electron chi connectivity index (χ1n) is 56.1. The monoisotopic (exact) mass is 1980 g/mol. The summed E-state index contributed by atoms with van der Waals surface area (Å²) in [4.78, 5) is 0. The Morgan fingerprint density at radius 3 is 0.327 bits per heavy atom. The fraction of sp³-hybridized carbons (Fsp3) is 0.348. The summed E-state index contributed by atoms with van der Waals surface area (Å²) in [7, 11) is 0. The minimum absolute atomic E-state index is 0.476. The summed E-state index contributed by atoms with van der Waals surface area (Å²) in [5.74, 6) is 44.1. The van der Waals surface area contributed by atoms with E-state index in [1.165, 1.54) is 265 Å². The van der Waals surface area contributed by atoms with Crippen LogP contribution in [0.1, 0.15) is 373 Å². The van der Waals surface area contributed by atoms with Crippen molar-refractivity contribution in [2.75, 3.05) is 0 Å². The van der Waals surface area contributed by atoms with Crippen LogP contribution in [-0.4, -0.2) is 0 Å². The van der Waals surface area contributed by atoms with Crippen LogP contribution >= 0.6 is 0 Å². The summed E-state index contributed by atoms with van der Waals surface area (Å²) in [5.41, 5.74) is 23.6. The lowest BCUT2D eigenvalue weighted by Crippen LogP contribution is -2.05. The minimum Gasteiger partial charge on any atom is -0.151 e. The van der Waals surface area contributed by atoms with Crippen molar-refractivity contribution in [2.45, 2.75) is 311 Å². The predicted octanol–water partition coefficient (Wildman–Crippen LogP) is 42.0. The number of rotatable bonds is 54. The van der Waals surface area contributed by atoms with E-state index in [1.807, 2.05) is 146 Å². The van der Waals surface area contributed by atoms with Gasteiger partial charge in [0.2, 0.25) is 0 Å². The Bertz CT molecular complexity index is 5760. The van der Waals surface area contributed by atoms with Gasteiger partial charge >= 0.3 is 0 Å². The Balaban J connectivity index is 0.961. The minimum atomic E-state index is 0.476. The van der Waals surface area contributed by atoms with Gasteiger partial charge in [0.05, 0.1) is 102 Å². The summed E-state index contributed by atoms with van der Waals surface area (Å²) in [5, 5.41) is 56.7. The van der Waals surface area contributed by atoms with Gasteiger partial charge < -0.3 is 0 Å². The van der Waals surface area contributed by atoms with Crippen molar-refractivity contribution in [3.8, 4) is 71.0 Å². The van der Waals surface area contributed by atoms with Gasteiger partial charge in [-0.05, 0) is 329 Å². The SMILES string of the molecule is CCCCCCCCc1ccc(N=Nc2ccc(C#Cc3c(C#Cc4ccc(N=Nc5ccc(CCCCCCCC)cc5)cc4)c(C#Cc4ccc(N=Nc5ccc(CCCCCCCC)cc5)cc4)c(C#Cc4ccc(N=Nc5ccc(CCCCCCCC)cc5)cc4)c(C#Cc4ccc(N=Nc5ccc(CCCCCCCC)cc5)cc4)c3C#Cc3ccc(N=Nc4ccc(CCCCCCCC)cc4)cc3)cc2)cc1. The summed E-state index contributed by atoms with van der Waals surface area (Å²) in [6.45, 7) is 13.6. The zero-order chi connectivity index (χ0) is 104. The lowest BCUT2D eigenvalue weighted by molar-refractivity contribution is 0.607. The highest BCUT2D eigenvalue weighted by atomic mass is 15.1. The van der Waals surface area contributed by atoms with Crippen LogP contribution in [0.25, 0.3) is 0 Å². The molecule has 0 spiro atoms. The number of benzene rings is 13. The molecule has 0 bridgehead atoms. The molecular formula is C138H150N12. The topological polar surface area (TPSA) is 148 Å². The maximum Gasteiger partial charge on any atom is 0.0857 e. The molecule has 762 valence electrons. The number of unbranched alkanes of at least 4 members (excludes halogenated alkanes) is 30. The molecule has 0 atom stereocenters. The van der Waals surface area contributed by atoms with Crippen LogP contribution in [0.15, 0.2) is 353 Å². The first-order chi connectivity index (χ1) is 74.1. The summed E-state index contributed by atoms with van der Waals surface area (Å²) in [6, 6.07) is 97.5. The standard InChI is InChI=1S/C138H150N12/c1-7-13-19-25-31-37-43-109-49-79-121(80-50-109)139-145-127-91-61-115(62-92-127)73-103-133-134(104-74-116-63-93-128(94-64-116)146-140-122-81-51-110(52-82-122)44-38-32-26-20-14-8-2)136(106-76-118-67-97-130(98-68-118)148-142-124-85-55-112(56-86-124)46-40-34-28-22-16-10-4)138(108-78-120-71-101-132(102-72-120)150-144-126-89-59-114(60-90-126)48-42-36-30-24-18-12-6)137(107-77-119-69-99-131(100-70-119)149-143-125-87-57-113(58-88-125)47-41-35-29-23-17-11-5)135(133)105-75-117-65-95-129(96-66-117)147-141-123-83-53-111(54-84-123)45-39-33-27-21-15-9-3/h49-72,79-102H,7-48H2,1-6H3. The lowest BCUT2D eigenvalue weighted by Gasteiger charge is -2.13. The average molecular weight is 1980 g/mol. The van der Waals surface area contributed by atoms with Crippen molar-refractivity contribution < 1.29 is 0 Å². The van der Waals surface area contributed by atoms with Crippen molar-refractivity contribution in [1.82, 2.24) is 0 Å². The Morgan fingerprint density at radius 2 is 0.213 bits per heavy atom. The first kappa shape index (κ1) is 112. The van der Waals surface area contributed by atoms with E-state index in [4.69, 9.17) is 61.4 Å². The molecule has 0 aromatic heterocycles. The second-order valence-electron chi connectivity index (χ2n) is 39.3. The van der Waals surface area contributed by atoms with E-state index in [0.717, 1.165) is 72.6 Å². The van der Waals surface area contributed by atoms with E-state index in [0.29, 0.717) is 101 Å². The van der Waals surface area contributed by atoms with Crippen LogP contribution in [-0.2, 0) is 38.5 Å². The molecule has 13 rings (SSSR count). The second-order valence-corrected chi connectivity index (χ2v) is 39.3. The third-order valence-electron chi connectivity index (χ3n) is 26.9. The van der Waals surface area contributed by atoms with Crippen LogP contribution in [0, 0.1) is 71.0 Å². The molecule has 13 aromatic rings. The smallest absolute Gasteiger partial charge is 0.0857 e. The van der Waals surface area contributed by atoms with E-state index in [2.05, 4.69) is 258 Å². The molecule has 0 fully saturated rings. The van der Waals surface area contributed by atoms with Gasteiger partial charge in [-0.1, -0.05) is 378 Å². The molecule has 13 aromatic carbocycles. The molecule has 0 saturated carbocycles. The fourth-order valence-electron chi connectivity index (χ4n) is 17.7. The molecule has 0 aliphatic heterocycles. The van der Waals surface area contributed by atoms with Crippen LogP contribution in [0.3, 0.4) is 0 Å². The zero-order valence-electron chi connectivity index (χ0n) is 89.8. The van der Waals surface area contributed by atoms with Gasteiger partial charge in [-0.15, -0.1) is 0 Å². The molecule has 12 nitrogen and oxygen atoms in total. The maximum absolute atomic E-state index is 4.74. The largest absolute Gasteiger partial charge is 0.151 e. The highest BCUT2D eigenvalue weighted by Crippen LogP contribution is 2.34. The summed E-state index contributed by atoms with van der Waals surface area (Å²) < 4.78 is 0. The molecule has 12 heteroatoms. The van der Waals surface area contributed by atoms with Gasteiger partial charge in [-0.25, -0.2) is 0 Å². The van der Waals surface area contributed by atoms with E-state index < -0.39 is 0 Å². The highest BCUT2D eigenvalue weighted by molar-refractivity contribution is 5.79. The predicted molar refractivity (Wildman–Crippen MR) is 627 cm³/mol. The Hall–Kier alpha value is -15.2. The van der Waals surface area contributed by atoms with Crippen molar-refractivity contribution >= 4 is 68.2 Å². The lowest BCUT2D eigenvalue weighted by atomic mass is 9.86. The van der Waals surface area contributed by atoms with Gasteiger partial charge in [0.15, 0.2) is 0 Å². The average Bonchev–Trinajstić information content (AvgIpc) is 0.758. The van der Waals surface area contributed by atoms with Gasteiger partial charge in [-0.2, -0.15) is 61.4 Å². The van der Waals surface area contributed by atoms with Crippen molar-refractivity contribution in [1.29, 1.82) is 0 Å². The molecule has 0 unspecified atom stereocenters. The summed E-state index contributed by atoms with van der Waals surface area (Å²) in [6.07, 6.45) is 51.5. The molecule has 0 amide bonds. The molecule has 0 radical (unpaired) electrons. The fourth-order valence-corrected chi connectivity index (χ4v) is 17.7. The molecule has 0 aliphatic carbocycles. The van der Waals surface area contributed by atoms with Crippen molar-refractivity contribution in [3.05, 3.63) is 391 Å². The molecule has 0 aliphatic rings. The van der Waals surface area contributed by atoms with Gasteiger partial charge in [-0.3, -0.25) is 0 Å². The zero-order valence-corrected chi connectivity index (χ0v) is 89.8. The van der Waals surface area contributed by atoms with Crippen LogP contribution in [0.5, 0.6) is 0 Å². The second kappa shape index (κ2) is 66.2. The van der Waals surface area contributed by atoms with E-state index in [1.54, 1.807) is 0 Å². The van der Waals surface area contributed by atoms with Crippen LogP contribution in [0.2, 0.25) is 0 Å². The van der Waals surface area contributed by atoms with Gasteiger partial charge in [0.25, 0.3) is 0 Å². The van der Waals surface area contributed by atoms with E-state index in [9.17, 15) is 0 Å². The van der Waals surface area contributed by atoms with Crippen LogP contribution in [0.4, 0.5) is 68.2 Å². The highest BCUT2D eigenvalue weighted by Gasteiger charge is 2.22. The Kier molecular flexibility index (Phi) is 49.4. The first-order valence-corrected chi connectivity index (χ1v) is 56.1. The number of hydrogen-bond donors (Lipinski definition) is 0. The quantitative estimate of drug-likeness (QED) is 0.0203. The Morgan fingerprint density at radius 1 is 0.113 bits per heavy atom. The third-order valence-corrected chi connectivity index (χ3v) is 26.9. The van der Waals surface area contributed by atoms with E-state index in [-0.39, 0.29) is 0 Å². The number of aryl methyl sites for hydroxylation is 6. The van der Waals surface area contributed by atoms with Gasteiger partial charge in [0, 0.05) is 33.4 Å². The molecule has 0 heterocycles. The Labute approximate surface area is 897 Å². The van der Waals surface area contributed by atoms with Gasteiger partial charge in [0.1, 0.15) is 0 Å². The van der Waals surface area contributed by atoms with E-state index >= 15 is 0 Å². The third kappa shape index (κ3) is 41.2. The number of azo groups is 6. The number of nitrogens with zero attached hydrogens (tertiary/aromatic N) is 12. The molecule has 0 saturated heterocycles. The summed E-state index contributed by atoms with van der Waals surface area (Å²) >= 11 is 0. The number of hydrogen-bond acceptors (Lipinski definition) is 12. The molecular weight excluding hydrogens is 1830 g/mol. The van der Waals surface area contributed by atoms with Crippen molar-refractivity contribution in [2.24, 2.45) is 61.4 Å². The molecule has 150 heavy (non-hydrogen) atoms. The normalized spacial score (nSPS) is 11.2. The van der Waals surface area contributed by atoms with Crippen molar-refractivity contribution in [3.63, 3.8) is 0 Å². The molecule has 0 N–H and O–H groups in total. The maximum atomic E-state index is 4.74.